The van der Waals surface area contributed by atoms with Gasteiger partial charge in [0.2, 0.25) is 0 Å². The lowest BCUT2D eigenvalue weighted by molar-refractivity contribution is -0.171. The summed E-state index contributed by atoms with van der Waals surface area (Å²) in [6.07, 6.45) is 9.72. The van der Waals surface area contributed by atoms with Gasteiger partial charge in [0.05, 0.1) is 17.6 Å². The zero-order chi connectivity index (χ0) is 20.9. The first-order valence-corrected chi connectivity index (χ1v) is 10.1. The van der Waals surface area contributed by atoms with Crippen molar-refractivity contribution in [1.82, 2.24) is 0 Å². The molecule has 28 heavy (non-hydrogen) atoms. The van der Waals surface area contributed by atoms with E-state index in [1.54, 1.807) is 6.08 Å². The average Bonchev–Trinajstić information content (AvgIpc) is 3.04. The number of rotatable bonds is 3. The second-order valence-corrected chi connectivity index (χ2v) is 9.19. The van der Waals surface area contributed by atoms with Crippen LogP contribution in [0.3, 0.4) is 0 Å². The van der Waals surface area contributed by atoms with E-state index in [-0.39, 0.29) is 18.3 Å². The highest BCUT2D eigenvalue weighted by Gasteiger charge is 2.64. The van der Waals surface area contributed by atoms with Gasteiger partial charge in [0, 0.05) is 11.8 Å². The Hall–Kier alpha value is -1.61. The lowest BCUT2D eigenvalue weighted by atomic mass is 9.46. The SMILES string of the molecule is C#C[C@@]1(C=C)C[C@@H](OC(=O)CO)[C@@]2(C)C3=CC(O)C[C@@]3(CCC2C)[C@@H](C)[C@@H]1O. The van der Waals surface area contributed by atoms with Crippen LogP contribution in [0.2, 0.25) is 0 Å². The smallest absolute Gasteiger partial charge is 0.332 e. The number of aliphatic hydroxyl groups is 3. The van der Waals surface area contributed by atoms with E-state index in [2.05, 4.69) is 26.3 Å². The number of terminal acetylenes is 1. The molecular formula is C23H32O5. The van der Waals surface area contributed by atoms with Crippen LogP contribution in [0.15, 0.2) is 24.3 Å². The van der Waals surface area contributed by atoms with Crippen molar-refractivity contribution in [2.24, 2.45) is 28.1 Å². The molecule has 0 heterocycles. The van der Waals surface area contributed by atoms with Gasteiger partial charge in [0.25, 0.3) is 0 Å². The highest BCUT2D eigenvalue weighted by Crippen LogP contribution is 2.66. The molecule has 0 radical (unpaired) electrons. The Morgan fingerprint density at radius 1 is 1.43 bits per heavy atom. The largest absolute Gasteiger partial charge is 0.460 e. The number of aliphatic hydroxyl groups excluding tert-OH is 3. The molecule has 0 aromatic carbocycles. The Kier molecular flexibility index (Phi) is 5.29. The van der Waals surface area contributed by atoms with Crippen LogP contribution in [0.5, 0.6) is 0 Å². The van der Waals surface area contributed by atoms with Crippen molar-refractivity contribution in [3.8, 4) is 12.3 Å². The lowest BCUT2D eigenvalue weighted by Crippen LogP contribution is -2.59. The Labute approximate surface area is 167 Å². The summed E-state index contributed by atoms with van der Waals surface area (Å²) in [5, 5.41) is 31.3. The molecule has 2 bridgehead atoms. The molecule has 0 aliphatic heterocycles. The van der Waals surface area contributed by atoms with Crippen molar-refractivity contribution in [2.75, 3.05) is 6.61 Å². The Morgan fingerprint density at radius 2 is 2.11 bits per heavy atom. The van der Waals surface area contributed by atoms with Crippen LogP contribution in [0.1, 0.15) is 46.5 Å². The van der Waals surface area contributed by atoms with E-state index in [0.717, 1.165) is 18.4 Å². The monoisotopic (exact) mass is 388 g/mol. The predicted molar refractivity (Wildman–Crippen MR) is 106 cm³/mol. The molecule has 2 fully saturated rings. The number of carbonyl (C=O) groups is 1. The minimum absolute atomic E-state index is 0.177. The van der Waals surface area contributed by atoms with Gasteiger partial charge in [0.1, 0.15) is 12.7 Å². The fourth-order valence-corrected chi connectivity index (χ4v) is 6.20. The topological polar surface area (TPSA) is 87.0 Å². The molecule has 0 saturated heterocycles. The fourth-order valence-electron chi connectivity index (χ4n) is 6.20. The normalized spacial score (nSPS) is 47.8. The maximum absolute atomic E-state index is 12.1. The van der Waals surface area contributed by atoms with Gasteiger partial charge < -0.3 is 20.1 Å². The molecule has 154 valence electrons. The van der Waals surface area contributed by atoms with E-state index in [1.807, 2.05) is 13.0 Å². The molecule has 0 aromatic rings. The van der Waals surface area contributed by atoms with Crippen molar-refractivity contribution in [1.29, 1.82) is 0 Å². The molecule has 8 atom stereocenters. The van der Waals surface area contributed by atoms with Crippen LogP contribution in [-0.4, -0.2) is 46.2 Å². The number of carbonyl (C=O) groups excluding carboxylic acids is 1. The van der Waals surface area contributed by atoms with Gasteiger partial charge in [-0.15, -0.1) is 13.0 Å². The molecule has 2 saturated carbocycles. The third-order valence-corrected chi connectivity index (χ3v) is 8.20. The van der Waals surface area contributed by atoms with E-state index >= 15 is 0 Å². The van der Waals surface area contributed by atoms with Gasteiger partial charge >= 0.3 is 5.97 Å². The minimum atomic E-state index is -1.07. The average molecular weight is 389 g/mol. The van der Waals surface area contributed by atoms with Crippen molar-refractivity contribution in [3.05, 3.63) is 24.3 Å². The summed E-state index contributed by atoms with van der Waals surface area (Å²) in [4.78, 5) is 12.1. The molecular weight excluding hydrogens is 356 g/mol. The summed E-state index contributed by atoms with van der Waals surface area (Å²) >= 11 is 0. The van der Waals surface area contributed by atoms with E-state index in [0.29, 0.717) is 6.42 Å². The molecule has 5 heteroatoms. The molecule has 2 unspecified atom stereocenters. The quantitative estimate of drug-likeness (QED) is 0.392. The summed E-state index contributed by atoms with van der Waals surface area (Å²) < 4.78 is 5.75. The van der Waals surface area contributed by atoms with E-state index in [1.165, 1.54) is 0 Å². The molecule has 3 aliphatic rings. The van der Waals surface area contributed by atoms with Crippen LogP contribution in [-0.2, 0) is 9.53 Å². The summed E-state index contributed by atoms with van der Waals surface area (Å²) in [5.74, 6) is 2.01. The predicted octanol–water partition coefficient (Wildman–Crippen LogP) is 2.21. The molecule has 0 spiro atoms. The second-order valence-electron chi connectivity index (χ2n) is 9.19. The van der Waals surface area contributed by atoms with Gasteiger partial charge in [-0.05, 0) is 36.5 Å². The molecule has 3 N–H and O–H groups in total. The molecule has 3 aliphatic carbocycles. The first kappa shape index (κ1) is 21.1. The van der Waals surface area contributed by atoms with Crippen molar-refractivity contribution < 1.29 is 24.9 Å². The Balaban J connectivity index is 2.25. The van der Waals surface area contributed by atoms with Crippen LogP contribution in [0.25, 0.3) is 0 Å². The highest BCUT2D eigenvalue weighted by atomic mass is 16.6. The Bertz CT molecular complexity index is 736. The molecule has 3 rings (SSSR count). The molecule has 5 nitrogen and oxygen atoms in total. The number of hydrogen-bond donors (Lipinski definition) is 3. The third-order valence-electron chi connectivity index (χ3n) is 8.20. The van der Waals surface area contributed by atoms with E-state index in [4.69, 9.17) is 11.2 Å². The van der Waals surface area contributed by atoms with Crippen molar-refractivity contribution >= 4 is 5.97 Å². The first-order chi connectivity index (χ1) is 13.1. The van der Waals surface area contributed by atoms with Gasteiger partial charge in [-0.3, -0.25) is 0 Å². The van der Waals surface area contributed by atoms with Crippen molar-refractivity contribution in [3.63, 3.8) is 0 Å². The minimum Gasteiger partial charge on any atom is -0.460 e. The van der Waals surface area contributed by atoms with E-state index < -0.39 is 47.1 Å². The number of esters is 1. The molecule has 0 aromatic heterocycles. The summed E-state index contributed by atoms with van der Waals surface area (Å²) in [7, 11) is 0. The van der Waals surface area contributed by atoms with Crippen LogP contribution in [0.4, 0.5) is 0 Å². The number of ether oxygens (including phenoxy) is 1. The third kappa shape index (κ3) is 2.69. The van der Waals surface area contributed by atoms with Crippen LogP contribution < -0.4 is 0 Å². The van der Waals surface area contributed by atoms with Crippen molar-refractivity contribution in [2.45, 2.75) is 64.8 Å². The van der Waals surface area contributed by atoms with Crippen LogP contribution >= 0.6 is 0 Å². The summed E-state index contributed by atoms with van der Waals surface area (Å²) in [6, 6.07) is 0. The number of hydrogen-bond acceptors (Lipinski definition) is 5. The zero-order valence-electron chi connectivity index (χ0n) is 17.0. The maximum atomic E-state index is 12.1. The fraction of sp³-hybridized carbons (Fsp3) is 0.696. The van der Waals surface area contributed by atoms with Gasteiger partial charge in [-0.25, -0.2) is 4.79 Å². The first-order valence-electron chi connectivity index (χ1n) is 10.1. The van der Waals surface area contributed by atoms with Crippen LogP contribution in [0, 0.1) is 40.4 Å². The second kappa shape index (κ2) is 7.02. The molecule has 0 amide bonds. The lowest BCUT2D eigenvalue weighted by Gasteiger charge is -2.60. The standard InChI is InChI=1S/C23H32O5/c1-6-22(7-2)12-18(28-19(26)13-24)21(5)14(3)8-9-23(15(4)20(22)27)11-16(25)10-17(21)23/h1,7,10,14-16,18,20,24-25,27H,2,8-9,11-13H2,3-5H3/t14?,15-,16?,18+,20-,21+,22+,23-/m0/s1. The van der Waals surface area contributed by atoms with Gasteiger partial charge in [-0.1, -0.05) is 44.4 Å². The maximum Gasteiger partial charge on any atom is 0.332 e. The zero-order valence-corrected chi connectivity index (χ0v) is 17.0. The Morgan fingerprint density at radius 3 is 2.68 bits per heavy atom. The van der Waals surface area contributed by atoms with Gasteiger partial charge in [-0.2, -0.15) is 0 Å². The highest BCUT2D eigenvalue weighted by molar-refractivity contribution is 5.70. The summed E-state index contributed by atoms with van der Waals surface area (Å²) in [6.45, 7) is 9.38. The summed E-state index contributed by atoms with van der Waals surface area (Å²) in [5.41, 5.74) is -0.969. The van der Waals surface area contributed by atoms with E-state index in [9.17, 15) is 20.1 Å². The van der Waals surface area contributed by atoms with Gasteiger partial charge in [0.15, 0.2) is 0 Å².